The van der Waals surface area contributed by atoms with Crippen LogP contribution in [0.3, 0.4) is 0 Å². The Kier molecular flexibility index (Phi) is 4.51. The summed E-state index contributed by atoms with van der Waals surface area (Å²) in [4.78, 5) is 0. The molecule has 2 aromatic rings. The molecule has 0 aliphatic heterocycles. The van der Waals surface area contributed by atoms with Crippen LogP contribution >= 0.6 is 0 Å². The Bertz CT molecular complexity index is 481. The Morgan fingerprint density at radius 3 is 2.39 bits per heavy atom. The third-order valence-corrected chi connectivity index (χ3v) is 3.00. The summed E-state index contributed by atoms with van der Waals surface area (Å²) in [7, 11) is 1.85. The Morgan fingerprint density at radius 2 is 1.67 bits per heavy atom. The average Bonchev–Trinajstić information content (AvgIpc) is 2.40. The van der Waals surface area contributed by atoms with Gasteiger partial charge in [-0.25, -0.2) is 0 Å². The molecular weight excluding hydrogens is 222 g/mol. The lowest BCUT2D eigenvalue weighted by Crippen LogP contribution is -2.25. The van der Waals surface area contributed by atoms with Gasteiger partial charge in [-0.05, 0) is 23.7 Å². The molecule has 2 nitrogen and oxygen atoms in total. The number of benzene rings is 2. The van der Waals surface area contributed by atoms with Gasteiger partial charge in [-0.15, -0.1) is 0 Å². The molecule has 0 aliphatic carbocycles. The molecule has 2 N–H and O–H groups in total. The Morgan fingerprint density at radius 1 is 1.00 bits per heavy atom. The molecule has 2 heteroatoms. The van der Waals surface area contributed by atoms with Crippen LogP contribution in [-0.4, -0.2) is 24.8 Å². The fourth-order valence-electron chi connectivity index (χ4n) is 2.16. The molecule has 0 bridgehead atoms. The number of hydrogen-bond donors (Lipinski definition) is 2. The maximum absolute atomic E-state index is 9.91. The highest BCUT2D eigenvalue weighted by Gasteiger charge is 2.09. The van der Waals surface area contributed by atoms with E-state index in [4.69, 9.17) is 0 Å². The number of likely N-dealkylation sites (N-methyl/N-ethyl adjacent to an activating group) is 1. The van der Waals surface area contributed by atoms with Gasteiger partial charge in [-0.2, -0.15) is 0 Å². The second-order valence-corrected chi connectivity index (χ2v) is 4.44. The summed E-state index contributed by atoms with van der Waals surface area (Å²) in [5.74, 6) is 0. The topological polar surface area (TPSA) is 32.3 Å². The number of aliphatic hydroxyl groups is 1. The lowest BCUT2D eigenvalue weighted by molar-refractivity contribution is 0.175. The maximum atomic E-state index is 9.91. The summed E-state index contributed by atoms with van der Waals surface area (Å²) in [6.07, 6.45) is 0.325. The van der Waals surface area contributed by atoms with E-state index in [1.165, 1.54) is 16.7 Å². The molecule has 18 heavy (non-hydrogen) atoms. The average molecular weight is 241 g/mol. The molecule has 0 amide bonds. The normalized spacial score (nSPS) is 12.3. The fraction of sp³-hybridized carbons (Fsp3) is 0.250. The van der Waals surface area contributed by atoms with Gasteiger partial charge in [0.1, 0.15) is 0 Å². The highest BCUT2D eigenvalue weighted by Crippen LogP contribution is 2.24. The van der Waals surface area contributed by atoms with E-state index in [2.05, 4.69) is 29.6 Å². The minimum Gasteiger partial charge on any atom is -0.391 e. The molecule has 2 rings (SSSR count). The third kappa shape index (κ3) is 3.19. The molecule has 94 valence electrons. The summed E-state index contributed by atoms with van der Waals surface area (Å²) in [5, 5.41) is 12.9. The molecular formula is C16H19NO. The Hall–Kier alpha value is -1.64. The number of aliphatic hydroxyl groups excluding tert-OH is 1. The van der Waals surface area contributed by atoms with Crippen molar-refractivity contribution in [3.8, 4) is 11.1 Å². The first-order chi connectivity index (χ1) is 8.81. The van der Waals surface area contributed by atoms with Crippen LogP contribution in [0.25, 0.3) is 11.1 Å². The van der Waals surface area contributed by atoms with Crippen LogP contribution in [0, 0.1) is 0 Å². The molecule has 0 unspecified atom stereocenters. The smallest absolute Gasteiger partial charge is 0.0704 e. The lowest BCUT2D eigenvalue weighted by Gasteiger charge is -2.14. The van der Waals surface area contributed by atoms with Crippen LogP contribution < -0.4 is 5.32 Å². The van der Waals surface area contributed by atoms with Gasteiger partial charge >= 0.3 is 0 Å². The minimum absolute atomic E-state index is 0.347. The first kappa shape index (κ1) is 12.8. The standard InChI is InChI=1S/C16H19NO/c1-17-12-15(18)11-14-9-5-6-10-16(14)13-7-3-2-4-8-13/h2-10,15,17-18H,11-12H2,1H3/t15-/m1/s1. The predicted octanol–water partition coefficient (Wildman–Crippen LogP) is 2.48. The molecule has 0 radical (unpaired) electrons. The zero-order valence-electron chi connectivity index (χ0n) is 10.6. The highest BCUT2D eigenvalue weighted by atomic mass is 16.3. The van der Waals surface area contributed by atoms with Crippen LogP contribution in [0.2, 0.25) is 0 Å². The zero-order valence-corrected chi connectivity index (χ0v) is 10.6. The van der Waals surface area contributed by atoms with Crippen molar-refractivity contribution in [3.05, 3.63) is 60.2 Å². The van der Waals surface area contributed by atoms with Crippen LogP contribution in [0.1, 0.15) is 5.56 Å². The van der Waals surface area contributed by atoms with E-state index in [0.717, 1.165) is 0 Å². The van der Waals surface area contributed by atoms with E-state index in [1.807, 2.05) is 37.4 Å². The van der Waals surface area contributed by atoms with Crippen molar-refractivity contribution in [2.45, 2.75) is 12.5 Å². The quantitative estimate of drug-likeness (QED) is 0.843. The summed E-state index contributed by atoms with van der Waals surface area (Å²) >= 11 is 0. The van der Waals surface area contributed by atoms with Gasteiger partial charge in [-0.1, -0.05) is 54.6 Å². The molecule has 0 saturated carbocycles. The minimum atomic E-state index is -0.347. The van der Waals surface area contributed by atoms with Gasteiger partial charge in [0.15, 0.2) is 0 Å². The predicted molar refractivity (Wildman–Crippen MR) is 75.5 cm³/mol. The van der Waals surface area contributed by atoms with E-state index >= 15 is 0 Å². The van der Waals surface area contributed by atoms with Crippen molar-refractivity contribution in [2.24, 2.45) is 0 Å². The van der Waals surface area contributed by atoms with E-state index in [0.29, 0.717) is 13.0 Å². The molecule has 2 aromatic carbocycles. The molecule has 0 heterocycles. The van der Waals surface area contributed by atoms with Crippen molar-refractivity contribution in [3.63, 3.8) is 0 Å². The molecule has 0 aliphatic rings. The number of nitrogens with one attached hydrogen (secondary N) is 1. The Labute approximate surface area is 108 Å². The van der Waals surface area contributed by atoms with Crippen molar-refractivity contribution in [1.29, 1.82) is 0 Å². The van der Waals surface area contributed by atoms with E-state index in [-0.39, 0.29) is 6.10 Å². The first-order valence-corrected chi connectivity index (χ1v) is 6.27. The molecule has 0 fully saturated rings. The monoisotopic (exact) mass is 241 g/mol. The number of rotatable bonds is 5. The Balaban J connectivity index is 2.26. The SMILES string of the molecule is CNC[C@H](O)Cc1ccccc1-c1ccccc1. The number of hydrogen-bond acceptors (Lipinski definition) is 2. The summed E-state index contributed by atoms with van der Waals surface area (Å²) in [5.41, 5.74) is 3.59. The molecule has 1 atom stereocenters. The van der Waals surface area contributed by atoms with Crippen LogP contribution in [-0.2, 0) is 6.42 Å². The fourth-order valence-corrected chi connectivity index (χ4v) is 2.16. The van der Waals surface area contributed by atoms with E-state index in [9.17, 15) is 5.11 Å². The zero-order chi connectivity index (χ0) is 12.8. The summed E-state index contributed by atoms with van der Waals surface area (Å²) < 4.78 is 0. The lowest BCUT2D eigenvalue weighted by atomic mass is 9.96. The first-order valence-electron chi connectivity index (χ1n) is 6.27. The largest absolute Gasteiger partial charge is 0.391 e. The van der Waals surface area contributed by atoms with Crippen LogP contribution in [0.4, 0.5) is 0 Å². The van der Waals surface area contributed by atoms with E-state index < -0.39 is 0 Å². The van der Waals surface area contributed by atoms with Crippen LogP contribution in [0.15, 0.2) is 54.6 Å². The van der Waals surface area contributed by atoms with Gasteiger partial charge < -0.3 is 10.4 Å². The molecule has 0 spiro atoms. The third-order valence-electron chi connectivity index (χ3n) is 3.00. The van der Waals surface area contributed by atoms with Crippen molar-refractivity contribution in [1.82, 2.24) is 5.32 Å². The maximum Gasteiger partial charge on any atom is 0.0704 e. The van der Waals surface area contributed by atoms with Gasteiger partial charge in [0.05, 0.1) is 6.10 Å². The summed E-state index contributed by atoms with van der Waals surface area (Å²) in [6.45, 7) is 0.614. The summed E-state index contributed by atoms with van der Waals surface area (Å²) in [6, 6.07) is 18.5. The molecule has 0 saturated heterocycles. The van der Waals surface area contributed by atoms with Gasteiger partial charge in [0.25, 0.3) is 0 Å². The van der Waals surface area contributed by atoms with Crippen molar-refractivity contribution >= 4 is 0 Å². The highest BCUT2D eigenvalue weighted by molar-refractivity contribution is 5.67. The van der Waals surface area contributed by atoms with Gasteiger partial charge in [0.2, 0.25) is 0 Å². The second-order valence-electron chi connectivity index (χ2n) is 4.44. The van der Waals surface area contributed by atoms with E-state index in [1.54, 1.807) is 0 Å². The molecule has 0 aromatic heterocycles. The van der Waals surface area contributed by atoms with Crippen molar-refractivity contribution < 1.29 is 5.11 Å². The van der Waals surface area contributed by atoms with Crippen LogP contribution in [0.5, 0.6) is 0 Å². The van der Waals surface area contributed by atoms with Gasteiger partial charge in [0, 0.05) is 13.0 Å². The second kappa shape index (κ2) is 6.34. The van der Waals surface area contributed by atoms with Gasteiger partial charge in [-0.3, -0.25) is 0 Å². The van der Waals surface area contributed by atoms with Crippen molar-refractivity contribution in [2.75, 3.05) is 13.6 Å².